The van der Waals surface area contributed by atoms with Crippen molar-refractivity contribution in [2.45, 2.75) is 19.4 Å². The molecule has 3 rings (SSSR count). The summed E-state index contributed by atoms with van der Waals surface area (Å²) in [4.78, 5) is 2.27. The minimum atomic E-state index is -0.553. The SMILES string of the molecule is Oc1ccc(CN2CCCc3ccccc32)cc1F. The van der Waals surface area contributed by atoms with Crippen molar-refractivity contribution < 1.29 is 9.50 Å². The number of benzene rings is 2. The molecule has 0 aliphatic carbocycles. The second-order valence-corrected chi connectivity index (χ2v) is 4.94. The zero-order chi connectivity index (χ0) is 13.2. The molecule has 3 heteroatoms. The van der Waals surface area contributed by atoms with Gasteiger partial charge in [-0.2, -0.15) is 0 Å². The normalized spacial score (nSPS) is 14.3. The molecular formula is C16H16FNO. The molecule has 1 aliphatic heterocycles. The standard InChI is InChI=1S/C16H16FNO/c17-14-10-12(7-8-16(14)19)11-18-9-3-5-13-4-1-2-6-15(13)18/h1-2,4,6-8,10,19H,3,5,9,11H2. The lowest BCUT2D eigenvalue weighted by Crippen LogP contribution is -2.28. The molecular weight excluding hydrogens is 241 g/mol. The summed E-state index contributed by atoms with van der Waals surface area (Å²) in [6.07, 6.45) is 2.23. The van der Waals surface area contributed by atoms with Crippen LogP contribution in [0.5, 0.6) is 5.75 Å². The maximum Gasteiger partial charge on any atom is 0.165 e. The molecule has 0 atom stereocenters. The summed E-state index contributed by atoms with van der Waals surface area (Å²) in [5.74, 6) is -0.842. The molecule has 1 heterocycles. The van der Waals surface area contributed by atoms with Gasteiger partial charge >= 0.3 is 0 Å². The lowest BCUT2D eigenvalue weighted by molar-refractivity contribution is 0.431. The van der Waals surface area contributed by atoms with Gasteiger partial charge in [-0.25, -0.2) is 4.39 Å². The van der Waals surface area contributed by atoms with Crippen molar-refractivity contribution in [3.63, 3.8) is 0 Å². The Hall–Kier alpha value is -2.03. The second kappa shape index (κ2) is 4.92. The van der Waals surface area contributed by atoms with Gasteiger partial charge in [0.1, 0.15) is 0 Å². The van der Waals surface area contributed by atoms with Crippen molar-refractivity contribution in [1.82, 2.24) is 0 Å². The van der Waals surface area contributed by atoms with Crippen LogP contribution in [0.25, 0.3) is 0 Å². The lowest BCUT2D eigenvalue weighted by Gasteiger charge is -2.31. The van der Waals surface area contributed by atoms with Crippen LogP contribution in [0.15, 0.2) is 42.5 Å². The highest BCUT2D eigenvalue weighted by molar-refractivity contribution is 5.55. The average molecular weight is 257 g/mol. The molecule has 2 aromatic carbocycles. The topological polar surface area (TPSA) is 23.5 Å². The highest BCUT2D eigenvalue weighted by atomic mass is 19.1. The van der Waals surface area contributed by atoms with Crippen molar-refractivity contribution in [1.29, 1.82) is 0 Å². The number of rotatable bonds is 2. The fourth-order valence-corrected chi connectivity index (χ4v) is 2.64. The van der Waals surface area contributed by atoms with E-state index in [9.17, 15) is 9.50 Å². The smallest absolute Gasteiger partial charge is 0.165 e. The van der Waals surface area contributed by atoms with Gasteiger partial charge in [-0.05, 0) is 42.2 Å². The minimum Gasteiger partial charge on any atom is -0.505 e. The number of hydrogen-bond donors (Lipinski definition) is 1. The van der Waals surface area contributed by atoms with Crippen LogP contribution in [0.1, 0.15) is 17.5 Å². The summed E-state index contributed by atoms with van der Waals surface area (Å²) < 4.78 is 13.4. The van der Waals surface area contributed by atoms with Crippen molar-refractivity contribution >= 4 is 5.69 Å². The van der Waals surface area contributed by atoms with E-state index in [2.05, 4.69) is 23.1 Å². The van der Waals surface area contributed by atoms with E-state index >= 15 is 0 Å². The van der Waals surface area contributed by atoms with Gasteiger partial charge in [-0.15, -0.1) is 0 Å². The number of halogens is 1. The summed E-state index contributed by atoms with van der Waals surface area (Å²) in [6.45, 7) is 1.66. The number of hydrogen-bond acceptors (Lipinski definition) is 2. The van der Waals surface area contributed by atoms with Gasteiger partial charge in [0.15, 0.2) is 11.6 Å². The van der Waals surface area contributed by atoms with Crippen molar-refractivity contribution in [2.24, 2.45) is 0 Å². The van der Waals surface area contributed by atoms with E-state index < -0.39 is 5.82 Å². The molecule has 0 radical (unpaired) electrons. The highest BCUT2D eigenvalue weighted by Crippen LogP contribution is 2.28. The Kier molecular flexibility index (Phi) is 3.11. The molecule has 0 amide bonds. The lowest BCUT2D eigenvalue weighted by atomic mass is 10.0. The number of aryl methyl sites for hydroxylation is 1. The van der Waals surface area contributed by atoms with E-state index in [1.165, 1.54) is 23.4 Å². The van der Waals surface area contributed by atoms with E-state index in [1.807, 2.05) is 6.07 Å². The molecule has 2 nitrogen and oxygen atoms in total. The molecule has 1 N–H and O–H groups in total. The van der Waals surface area contributed by atoms with Crippen LogP contribution in [0.4, 0.5) is 10.1 Å². The number of phenolic OH excluding ortho intramolecular Hbond substituents is 1. The van der Waals surface area contributed by atoms with E-state index in [0.717, 1.165) is 24.9 Å². The van der Waals surface area contributed by atoms with Crippen LogP contribution >= 0.6 is 0 Å². The zero-order valence-electron chi connectivity index (χ0n) is 10.6. The first-order valence-corrected chi connectivity index (χ1v) is 6.54. The van der Waals surface area contributed by atoms with Gasteiger partial charge in [0.05, 0.1) is 0 Å². The van der Waals surface area contributed by atoms with Gasteiger partial charge in [-0.1, -0.05) is 24.3 Å². The second-order valence-electron chi connectivity index (χ2n) is 4.94. The Morgan fingerprint density at radius 3 is 2.84 bits per heavy atom. The molecule has 0 saturated heterocycles. The van der Waals surface area contributed by atoms with Gasteiger partial charge in [0.2, 0.25) is 0 Å². The summed E-state index contributed by atoms with van der Waals surface area (Å²) >= 11 is 0. The van der Waals surface area contributed by atoms with Crippen molar-refractivity contribution in [3.05, 3.63) is 59.4 Å². The third kappa shape index (κ3) is 2.41. The third-order valence-corrected chi connectivity index (χ3v) is 3.59. The Labute approximate surface area is 112 Å². The molecule has 1 aliphatic rings. The predicted octanol–water partition coefficient (Wildman–Crippen LogP) is 3.48. The predicted molar refractivity (Wildman–Crippen MR) is 73.9 cm³/mol. The number of aromatic hydroxyl groups is 1. The zero-order valence-corrected chi connectivity index (χ0v) is 10.6. The molecule has 98 valence electrons. The van der Waals surface area contributed by atoms with Crippen molar-refractivity contribution in [2.75, 3.05) is 11.4 Å². The van der Waals surface area contributed by atoms with E-state index in [4.69, 9.17) is 0 Å². The fraction of sp³-hybridized carbons (Fsp3) is 0.250. The Morgan fingerprint density at radius 1 is 1.16 bits per heavy atom. The first-order valence-electron chi connectivity index (χ1n) is 6.54. The monoisotopic (exact) mass is 257 g/mol. The molecule has 0 saturated carbocycles. The minimum absolute atomic E-state index is 0.289. The highest BCUT2D eigenvalue weighted by Gasteiger charge is 2.16. The first-order chi connectivity index (χ1) is 9.24. The summed E-state index contributed by atoms with van der Waals surface area (Å²) in [7, 11) is 0. The van der Waals surface area contributed by atoms with Crippen LogP contribution in [-0.4, -0.2) is 11.7 Å². The molecule has 0 spiro atoms. The third-order valence-electron chi connectivity index (χ3n) is 3.59. The number of fused-ring (bicyclic) bond motifs is 1. The van der Waals surface area contributed by atoms with Crippen LogP contribution in [-0.2, 0) is 13.0 Å². The molecule has 0 fully saturated rings. The molecule has 0 bridgehead atoms. The number of nitrogens with zero attached hydrogens (tertiary/aromatic N) is 1. The maximum absolute atomic E-state index is 13.4. The van der Waals surface area contributed by atoms with E-state index in [0.29, 0.717) is 6.54 Å². The first kappa shape index (κ1) is 12.0. The van der Waals surface area contributed by atoms with E-state index in [-0.39, 0.29) is 5.75 Å². The van der Waals surface area contributed by atoms with Gasteiger partial charge in [-0.3, -0.25) is 0 Å². The Bertz CT molecular complexity index is 597. The molecule has 19 heavy (non-hydrogen) atoms. The maximum atomic E-state index is 13.4. The van der Waals surface area contributed by atoms with Crippen LogP contribution in [0, 0.1) is 5.82 Å². The Balaban J connectivity index is 1.86. The van der Waals surface area contributed by atoms with Gasteiger partial charge < -0.3 is 10.0 Å². The quantitative estimate of drug-likeness (QED) is 0.890. The Morgan fingerprint density at radius 2 is 2.00 bits per heavy atom. The number of para-hydroxylation sites is 1. The number of anilines is 1. The number of phenols is 1. The van der Waals surface area contributed by atoms with Crippen molar-refractivity contribution in [3.8, 4) is 5.75 Å². The molecule has 2 aromatic rings. The van der Waals surface area contributed by atoms with E-state index in [1.54, 1.807) is 6.07 Å². The summed E-state index contributed by atoms with van der Waals surface area (Å²) in [6, 6.07) is 13.0. The largest absolute Gasteiger partial charge is 0.505 e. The van der Waals surface area contributed by atoms with Crippen LogP contribution in [0.3, 0.4) is 0 Å². The summed E-state index contributed by atoms with van der Waals surface area (Å²) in [5, 5.41) is 9.22. The summed E-state index contributed by atoms with van der Waals surface area (Å²) in [5.41, 5.74) is 3.47. The molecule has 0 unspecified atom stereocenters. The fourth-order valence-electron chi connectivity index (χ4n) is 2.64. The van der Waals surface area contributed by atoms with Gasteiger partial charge in [0, 0.05) is 18.8 Å². The molecule has 0 aromatic heterocycles. The van der Waals surface area contributed by atoms with Crippen LogP contribution < -0.4 is 4.90 Å². The average Bonchev–Trinajstić information content (AvgIpc) is 2.43. The van der Waals surface area contributed by atoms with Crippen LogP contribution in [0.2, 0.25) is 0 Å². The van der Waals surface area contributed by atoms with Gasteiger partial charge in [0.25, 0.3) is 0 Å².